The first-order valence-electron chi connectivity index (χ1n) is 10.4. The van der Waals surface area contributed by atoms with Crippen LogP contribution in [-0.4, -0.2) is 34.4 Å². The molecule has 2 fully saturated rings. The zero-order valence-corrected chi connectivity index (χ0v) is 17.1. The van der Waals surface area contributed by atoms with Crippen LogP contribution in [0.2, 0.25) is 5.02 Å². The highest BCUT2D eigenvalue weighted by atomic mass is 35.5. The smallest absolute Gasteiger partial charge is 0.358 e. The molecule has 5 rings (SSSR count). The summed E-state index contributed by atoms with van der Waals surface area (Å²) in [5.74, 6) is 2.08. The number of nitrogens with one attached hydrogen (secondary N) is 1. The Morgan fingerprint density at radius 3 is 3.00 bits per heavy atom. The summed E-state index contributed by atoms with van der Waals surface area (Å²) in [5, 5.41) is 3.40. The minimum atomic E-state index is -0.515. The zero-order chi connectivity index (χ0) is 20.1. The Hall–Kier alpha value is -2.34. The third-order valence-corrected chi connectivity index (χ3v) is 7.06. The minimum Gasteiger partial charge on any atom is -0.461 e. The maximum Gasteiger partial charge on any atom is 0.358 e. The van der Waals surface area contributed by atoms with Gasteiger partial charge in [-0.05, 0) is 68.4 Å². The molecular formula is C22H24ClN3O3. The number of esters is 1. The van der Waals surface area contributed by atoms with Crippen molar-refractivity contribution >= 4 is 29.1 Å². The third kappa shape index (κ3) is 3.14. The van der Waals surface area contributed by atoms with Crippen molar-refractivity contribution in [1.29, 1.82) is 0 Å². The Labute approximate surface area is 174 Å². The number of aromatic nitrogens is 2. The molecule has 4 unspecified atom stereocenters. The van der Waals surface area contributed by atoms with Gasteiger partial charge in [0.2, 0.25) is 0 Å². The average molecular weight is 414 g/mol. The van der Waals surface area contributed by atoms with E-state index in [0.717, 1.165) is 17.8 Å². The van der Waals surface area contributed by atoms with Crippen LogP contribution in [0.1, 0.15) is 53.6 Å². The number of amides is 1. The highest BCUT2D eigenvalue weighted by Crippen LogP contribution is 2.56. The molecule has 2 bridgehead atoms. The molecule has 2 aromatic heterocycles. The maximum absolute atomic E-state index is 13.0. The molecule has 0 radical (unpaired) electrons. The molecule has 1 N–H and O–H groups in total. The van der Waals surface area contributed by atoms with Gasteiger partial charge in [0.25, 0.3) is 5.91 Å². The number of carbonyl (C=O) groups is 2. The van der Waals surface area contributed by atoms with Crippen molar-refractivity contribution in [3.8, 4) is 0 Å². The first-order valence-corrected chi connectivity index (χ1v) is 10.8. The first-order chi connectivity index (χ1) is 14.0. The lowest BCUT2D eigenvalue weighted by Gasteiger charge is -2.23. The molecule has 2 saturated carbocycles. The van der Waals surface area contributed by atoms with Crippen molar-refractivity contribution in [2.75, 3.05) is 13.2 Å². The fourth-order valence-electron chi connectivity index (χ4n) is 5.58. The molecule has 152 valence electrons. The molecular weight excluding hydrogens is 390 g/mol. The van der Waals surface area contributed by atoms with Crippen molar-refractivity contribution in [2.24, 2.45) is 23.7 Å². The van der Waals surface area contributed by atoms with Gasteiger partial charge in [-0.3, -0.25) is 9.20 Å². The first kappa shape index (κ1) is 18.7. The number of rotatable bonds is 5. The predicted octanol–water partition coefficient (Wildman–Crippen LogP) is 3.89. The number of nitrogens with zero attached hydrogens (tertiary/aromatic N) is 2. The van der Waals surface area contributed by atoms with Gasteiger partial charge in [-0.1, -0.05) is 23.3 Å². The second kappa shape index (κ2) is 7.17. The largest absolute Gasteiger partial charge is 0.461 e. The quantitative estimate of drug-likeness (QED) is 0.596. The van der Waals surface area contributed by atoms with Crippen molar-refractivity contribution in [2.45, 2.75) is 32.6 Å². The molecule has 3 aliphatic rings. The number of hydrogen-bond acceptors (Lipinski definition) is 4. The number of carbonyl (C=O) groups excluding carboxylic acids is 2. The Bertz CT molecular complexity index is 1030. The fraction of sp³-hybridized carbons (Fsp3) is 0.500. The van der Waals surface area contributed by atoms with Crippen LogP contribution in [0.3, 0.4) is 0 Å². The summed E-state index contributed by atoms with van der Waals surface area (Å²) in [4.78, 5) is 29.3. The molecule has 0 aliphatic heterocycles. The number of allylic oxidation sites excluding steroid dienone is 1. The van der Waals surface area contributed by atoms with Gasteiger partial charge in [-0.15, -0.1) is 0 Å². The van der Waals surface area contributed by atoms with Gasteiger partial charge in [-0.25, -0.2) is 9.78 Å². The van der Waals surface area contributed by atoms with E-state index in [4.69, 9.17) is 16.3 Å². The molecule has 6 nitrogen and oxygen atoms in total. The molecule has 3 aliphatic carbocycles. The lowest BCUT2D eigenvalue weighted by atomic mass is 9.85. The number of halogens is 1. The monoisotopic (exact) mass is 413 g/mol. The lowest BCUT2D eigenvalue weighted by molar-refractivity contribution is 0.0520. The summed E-state index contributed by atoms with van der Waals surface area (Å²) in [5.41, 5.74) is 2.50. The van der Waals surface area contributed by atoms with E-state index < -0.39 is 5.97 Å². The van der Waals surface area contributed by atoms with Gasteiger partial charge < -0.3 is 10.1 Å². The summed E-state index contributed by atoms with van der Waals surface area (Å²) in [6, 6.07) is 3.32. The number of imidazole rings is 1. The third-order valence-electron chi connectivity index (χ3n) is 6.75. The van der Waals surface area contributed by atoms with Gasteiger partial charge in [0, 0.05) is 12.7 Å². The fourth-order valence-corrected chi connectivity index (χ4v) is 5.82. The molecule has 0 spiro atoms. The number of fused-ring (bicyclic) bond motifs is 2. The standard InChI is InChI=1S/C22H24ClN3O3/c1-2-29-22(28)18-11-26-19(25-18)6-5-17(23)20(26)21(27)24-10-14-9-13-7-12-3-4-15(14)16(13)8-12/h4-6,11-14,16H,2-3,7-10H2,1H3,(H,24,27). The van der Waals surface area contributed by atoms with Crippen LogP contribution in [0, 0.1) is 23.7 Å². The molecule has 1 amide bonds. The lowest BCUT2D eigenvalue weighted by Crippen LogP contribution is -2.31. The van der Waals surface area contributed by atoms with Crippen molar-refractivity contribution < 1.29 is 14.3 Å². The Morgan fingerprint density at radius 1 is 1.31 bits per heavy atom. The molecule has 7 heteroatoms. The van der Waals surface area contributed by atoms with E-state index in [0.29, 0.717) is 28.8 Å². The molecule has 0 aromatic carbocycles. The van der Waals surface area contributed by atoms with Gasteiger partial charge in [-0.2, -0.15) is 0 Å². The Kier molecular flexibility index (Phi) is 4.62. The van der Waals surface area contributed by atoms with Crippen LogP contribution in [0.4, 0.5) is 0 Å². The SMILES string of the molecule is CCOC(=O)c1cn2c(C(=O)NCC3CC4CC5CC=C3C4C5)c(Cl)ccc2n1. The normalized spacial score (nSPS) is 27.2. The van der Waals surface area contributed by atoms with E-state index in [1.54, 1.807) is 29.0 Å². The van der Waals surface area contributed by atoms with E-state index >= 15 is 0 Å². The number of pyridine rings is 1. The molecule has 2 heterocycles. The van der Waals surface area contributed by atoms with Crippen LogP contribution < -0.4 is 5.32 Å². The van der Waals surface area contributed by atoms with Crippen LogP contribution >= 0.6 is 11.6 Å². The zero-order valence-electron chi connectivity index (χ0n) is 16.4. The van der Waals surface area contributed by atoms with E-state index in [2.05, 4.69) is 16.4 Å². The summed E-state index contributed by atoms with van der Waals surface area (Å²) in [6.07, 6.45) is 8.98. The predicted molar refractivity (Wildman–Crippen MR) is 109 cm³/mol. The topological polar surface area (TPSA) is 72.7 Å². The van der Waals surface area contributed by atoms with Gasteiger partial charge in [0.1, 0.15) is 11.3 Å². The van der Waals surface area contributed by atoms with E-state index in [1.807, 2.05) is 0 Å². The second-order valence-electron chi connectivity index (χ2n) is 8.39. The van der Waals surface area contributed by atoms with E-state index in [9.17, 15) is 9.59 Å². The second-order valence-corrected chi connectivity index (χ2v) is 8.80. The van der Waals surface area contributed by atoms with Crippen LogP contribution in [0.15, 0.2) is 30.0 Å². The Morgan fingerprint density at radius 2 is 2.17 bits per heavy atom. The van der Waals surface area contributed by atoms with E-state index in [1.165, 1.54) is 31.9 Å². The number of hydrogen-bond donors (Lipinski definition) is 1. The summed E-state index contributed by atoms with van der Waals surface area (Å²) >= 11 is 6.35. The summed E-state index contributed by atoms with van der Waals surface area (Å²) in [6.45, 7) is 2.62. The number of ether oxygens (including phenoxy) is 1. The molecule has 29 heavy (non-hydrogen) atoms. The summed E-state index contributed by atoms with van der Waals surface area (Å²) < 4.78 is 6.58. The summed E-state index contributed by atoms with van der Waals surface area (Å²) in [7, 11) is 0. The molecule has 0 saturated heterocycles. The van der Waals surface area contributed by atoms with Crippen LogP contribution in [-0.2, 0) is 4.74 Å². The maximum atomic E-state index is 13.0. The van der Waals surface area contributed by atoms with Gasteiger partial charge in [0.15, 0.2) is 5.69 Å². The molecule has 2 aromatic rings. The van der Waals surface area contributed by atoms with Gasteiger partial charge >= 0.3 is 5.97 Å². The molecule has 4 atom stereocenters. The van der Waals surface area contributed by atoms with E-state index in [-0.39, 0.29) is 18.2 Å². The van der Waals surface area contributed by atoms with Crippen molar-refractivity contribution in [3.63, 3.8) is 0 Å². The van der Waals surface area contributed by atoms with Crippen molar-refractivity contribution in [1.82, 2.24) is 14.7 Å². The van der Waals surface area contributed by atoms with Crippen LogP contribution in [0.5, 0.6) is 0 Å². The average Bonchev–Trinajstić information content (AvgIpc) is 3.35. The highest BCUT2D eigenvalue weighted by Gasteiger charge is 2.46. The van der Waals surface area contributed by atoms with Gasteiger partial charge in [0.05, 0.1) is 11.6 Å². The van der Waals surface area contributed by atoms with Crippen molar-refractivity contribution in [3.05, 3.63) is 46.4 Å². The highest BCUT2D eigenvalue weighted by molar-refractivity contribution is 6.33. The van der Waals surface area contributed by atoms with Crippen LogP contribution in [0.25, 0.3) is 5.65 Å². The Balaban J connectivity index is 1.36. The minimum absolute atomic E-state index is 0.161.